The number of ether oxygens (including phenoxy) is 1. The molecule has 1 unspecified atom stereocenters. The van der Waals surface area contributed by atoms with Gasteiger partial charge in [-0.1, -0.05) is 11.8 Å². The molecule has 2 atom stereocenters. The molecule has 1 fully saturated rings. The van der Waals surface area contributed by atoms with E-state index in [4.69, 9.17) is 14.9 Å². The van der Waals surface area contributed by atoms with E-state index in [2.05, 4.69) is 5.32 Å². The number of fused-ring (bicyclic) bond motifs is 1. The number of carboxylic acid groups (broad SMARTS) is 1. The van der Waals surface area contributed by atoms with Gasteiger partial charge in [-0.15, -0.1) is 0 Å². The van der Waals surface area contributed by atoms with Crippen LogP contribution < -0.4 is 5.32 Å². The van der Waals surface area contributed by atoms with Crippen LogP contribution in [0.2, 0.25) is 0 Å². The Morgan fingerprint density at radius 2 is 2.19 bits per heavy atom. The first-order valence-electron chi connectivity index (χ1n) is 6.44. The zero-order chi connectivity index (χ0) is 15.6. The van der Waals surface area contributed by atoms with Crippen LogP contribution in [0.1, 0.15) is 19.8 Å². The van der Waals surface area contributed by atoms with Crippen LogP contribution >= 0.6 is 11.8 Å². The Morgan fingerprint density at radius 3 is 2.76 bits per heavy atom. The number of rotatable bonds is 6. The highest BCUT2D eigenvalue weighted by molar-refractivity contribution is 8.04. The van der Waals surface area contributed by atoms with Gasteiger partial charge in [-0.05, 0) is 12.8 Å². The van der Waals surface area contributed by atoms with E-state index in [-0.39, 0.29) is 29.7 Å². The summed E-state index contributed by atoms with van der Waals surface area (Å²) in [5, 5.41) is 20.3. The molecule has 9 heteroatoms. The summed E-state index contributed by atoms with van der Waals surface area (Å²) in [6.45, 7) is 1.60. The first-order valence-corrected chi connectivity index (χ1v) is 7.32. The number of aliphatic hydroxyl groups is 1. The number of amides is 2. The van der Waals surface area contributed by atoms with Gasteiger partial charge in [-0.3, -0.25) is 14.5 Å². The Morgan fingerprint density at radius 1 is 1.48 bits per heavy atom. The van der Waals surface area contributed by atoms with Crippen molar-refractivity contribution in [2.24, 2.45) is 5.92 Å². The molecular weight excluding hydrogens is 300 g/mol. The maximum absolute atomic E-state index is 11.8. The zero-order valence-electron chi connectivity index (χ0n) is 11.4. The topological polar surface area (TPSA) is 116 Å². The molecule has 2 aliphatic heterocycles. The average molecular weight is 316 g/mol. The molecule has 0 saturated carbocycles. The van der Waals surface area contributed by atoms with Crippen molar-refractivity contribution in [2.75, 3.05) is 13.2 Å². The van der Waals surface area contributed by atoms with Crippen LogP contribution in [0.25, 0.3) is 0 Å². The molecule has 0 radical (unpaired) electrons. The smallest absolute Gasteiger partial charge is 0.449 e. The van der Waals surface area contributed by atoms with Crippen molar-refractivity contribution in [1.29, 1.82) is 0 Å². The quantitative estimate of drug-likeness (QED) is 0.366. The monoisotopic (exact) mass is 316 g/mol. The molecular formula is C12H16N2O6S. The predicted octanol–water partition coefficient (Wildman–Crippen LogP) is 0.290. The van der Waals surface area contributed by atoms with E-state index in [0.717, 1.165) is 0 Å². The zero-order valence-corrected chi connectivity index (χ0v) is 12.2. The van der Waals surface area contributed by atoms with Crippen molar-refractivity contribution in [3.63, 3.8) is 0 Å². The van der Waals surface area contributed by atoms with Crippen molar-refractivity contribution in [1.82, 2.24) is 10.2 Å². The molecule has 1 saturated heterocycles. The van der Waals surface area contributed by atoms with Gasteiger partial charge in [0.1, 0.15) is 5.37 Å². The standard InChI is InChI=1S/C12H16N2O6S/c1-6(16)13-4-2-3-8-10(20-12(18)19)14-9(17)7(5-15)11(14)21-8/h7,11,15H,2-5H2,1H3,(H,13,16)(H,18,19)/t7?,11-/m0/s1. The number of carbonyl (C=O) groups excluding carboxylic acids is 2. The highest BCUT2D eigenvalue weighted by Gasteiger charge is 2.55. The summed E-state index contributed by atoms with van der Waals surface area (Å²) < 4.78 is 4.71. The molecule has 2 rings (SSSR count). The van der Waals surface area contributed by atoms with Crippen molar-refractivity contribution in [3.8, 4) is 0 Å². The maximum atomic E-state index is 11.8. The fourth-order valence-electron chi connectivity index (χ4n) is 2.24. The summed E-state index contributed by atoms with van der Waals surface area (Å²) in [6, 6.07) is 0. The van der Waals surface area contributed by atoms with Crippen LogP contribution in [0, 0.1) is 5.92 Å². The van der Waals surface area contributed by atoms with Crippen LogP contribution in [0.15, 0.2) is 10.8 Å². The number of carbonyl (C=O) groups is 3. The van der Waals surface area contributed by atoms with Crippen LogP contribution in [0.4, 0.5) is 4.79 Å². The van der Waals surface area contributed by atoms with Crippen molar-refractivity contribution in [3.05, 3.63) is 10.8 Å². The Balaban J connectivity index is 2.02. The molecule has 0 aromatic rings. The van der Waals surface area contributed by atoms with Gasteiger partial charge >= 0.3 is 6.16 Å². The molecule has 0 spiro atoms. The van der Waals surface area contributed by atoms with Crippen LogP contribution in [0.5, 0.6) is 0 Å². The number of thioether (sulfide) groups is 1. The summed E-state index contributed by atoms with van der Waals surface area (Å²) in [5.41, 5.74) is 0. The van der Waals surface area contributed by atoms with Gasteiger partial charge in [-0.25, -0.2) is 4.79 Å². The summed E-state index contributed by atoms with van der Waals surface area (Å²) >= 11 is 1.33. The molecule has 3 N–H and O–H groups in total. The number of allylic oxidation sites excluding steroid dienone is 1. The van der Waals surface area contributed by atoms with Crippen LogP contribution in [-0.4, -0.2) is 51.6 Å². The number of aliphatic hydroxyl groups excluding tert-OH is 1. The summed E-state index contributed by atoms with van der Waals surface area (Å²) in [5.74, 6) is -0.946. The van der Waals surface area contributed by atoms with Crippen LogP contribution in [-0.2, 0) is 14.3 Å². The van der Waals surface area contributed by atoms with Gasteiger partial charge < -0.3 is 20.3 Å². The lowest BCUT2D eigenvalue weighted by Crippen LogP contribution is -2.58. The van der Waals surface area contributed by atoms with E-state index in [9.17, 15) is 14.4 Å². The second kappa shape index (κ2) is 6.35. The first kappa shape index (κ1) is 15.6. The van der Waals surface area contributed by atoms with E-state index < -0.39 is 12.1 Å². The summed E-state index contributed by atoms with van der Waals surface area (Å²) in [7, 11) is 0. The van der Waals surface area contributed by atoms with Gasteiger partial charge in [0.05, 0.1) is 12.5 Å². The Labute approximate surface area is 125 Å². The molecule has 116 valence electrons. The number of nitrogens with zero attached hydrogens (tertiary/aromatic N) is 1. The molecule has 0 aromatic heterocycles. The lowest BCUT2D eigenvalue weighted by molar-refractivity contribution is -0.151. The number of nitrogens with one attached hydrogen (secondary N) is 1. The molecule has 0 aliphatic carbocycles. The minimum absolute atomic E-state index is 0.0371. The van der Waals surface area contributed by atoms with Crippen molar-refractivity contribution < 1.29 is 29.3 Å². The summed E-state index contributed by atoms with van der Waals surface area (Å²) in [4.78, 5) is 35.3. The third-order valence-electron chi connectivity index (χ3n) is 3.21. The second-order valence-corrected chi connectivity index (χ2v) is 5.90. The van der Waals surface area contributed by atoms with E-state index in [0.29, 0.717) is 24.3 Å². The van der Waals surface area contributed by atoms with E-state index in [1.54, 1.807) is 0 Å². The molecule has 2 amide bonds. The molecule has 0 aromatic carbocycles. The fourth-order valence-corrected chi connectivity index (χ4v) is 3.71. The molecule has 21 heavy (non-hydrogen) atoms. The second-order valence-electron chi connectivity index (χ2n) is 4.69. The largest absolute Gasteiger partial charge is 0.512 e. The average Bonchev–Trinajstić information content (AvgIpc) is 2.68. The number of hydrogen-bond donors (Lipinski definition) is 3. The van der Waals surface area contributed by atoms with Gasteiger partial charge in [0.25, 0.3) is 0 Å². The highest BCUT2D eigenvalue weighted by Crippen LogP contribution is 2.50. The highest BCUT2D eigenvalue weighted by atomic mass is 32.2. The van der Waals surface area contributed by atoms with Gasteiger partial charge in [-0.2, -0.15) is 0 Å². The van der Waals surface area contributed by atoms with E-state index in [1.165, 1.54) is 23.6 Å². The Bertz CT molecular complexity index is 506. The molecule has 2 aliphatic rings. The molecule has 0 bridgehead atoms. The Hall–Kier alpha value is -1.74. The van der Waals surface area contributed by atoms with Gasteiger partial charge in [0.2, 0.25) is 17.7 Å². The van der Waals surface area contributed by atoms with E-state index in [1.807, 2.05) is 0 Å². The number of hydrogen-bond acceptors (Lipinski definition) is 6. The number of β-lactam (4-membered cyclic amide) rings is 1. The third kappa shape index (κ3) is 3.13. The fraction of sp³-hybridized carbons (Fsp3) is 0.583. The first-order chi connectivity index (χ1) is 9.95. The minimum atomic E-state index is -1.48. The van der Waals surface area contributed by atoms with Crippen LogP contribution in [0.3, 0.4) is 0 Å². The molecule has 2 heterocycles. The van der Waals surface area contributed by atoms with Crippen molar-refractivity contribution in [2.45, 2.75) is 25.1 Å². The molecule has 8 nitrogen and oxygen atoms in total. The maximum Gasteiger partial charge on any atom is 0.512 e. The van der Waals surface area contributed by atoms with Gasteiger partial charge in [0.15, 0.2) is 0 Å². The Kier molecular flexibility index (Phi) is 4.73. The lowest BCUT2D eigenvalue weighted by Gasteiger charge is -2.40. The summed E-state index contributed by atoms with van der Waals surface area (Å²) in [6.07, 6.45) is -0.385. The normalized spacial score (nSPS) is 23.7. The van der Waals surface area contributed by atoms with E-state index >= 15 is 0 Å². The lowest BCUT2D eigenvalue weighted by atomic mass is 10.00. The third-order valence-corrected chi connectivity index (χ3v) is 4.65. The van der Waals surface area contributed by atoms with Gasteiger partial charge in [0, 0.05) is 18.4 Å². The predicted molar refractivity (Wildman–Crippen MR) is 72.9 cm³/mol. The SMILES string of the molecule is CC(=O)NCCCC1=C(OC(=O)O)N2C(=O)C(CO)[C@@H]2S1. The van der Waals surface area contributed by atoms with Crippen molar-refractivity contribution >= 4 is 29.7 Å². The minimum Gasteiger partial charge on any atom is -0.449 e.